The summed E-state index contributed by atoms with van der Waals surface area (Å²) in [4.78, 5) is 14.0. The molecule has 0 radical (unpaired) electrons. The first-order valence-corrected chi connectivity index (χ1v) is 10.3. The van der Waals surface area contributed by atoms with Crippen molar-refractivity contribution in [3.8, 4) is 5.75 Å². The van der Waals surface area contributed by atoms with Crippen LogP contribution in [0.15, 0.2) is 18.2 Å². The van der Waals surface area contributed by atoms with Crippen LogP contribution in [0.2, 0.25) is 5.02 Å². The highest BCUT2D eigenvalue weighted by molar-refractivity contribution is 7.88. The first-order valence-electron chi connectivity index (χ1n) is 8.05. The molecule has 0 aromatic heterocycles. The molecule has 2 heterocycles. The van der Waals surface area contributed by atoms with Crippen molar-refractivity contribution in [1.29, 1.82) is 0 Å². The molecule has 0 N–H and O–H groups in total. The highest BCUT2D eigenvalue weighted by Crippen LogP contribution is 2.29. The maximum Gasteiger partial charge on any atom is 0.253 e. The topological polar surface area (TPSA) is 66.9 Å². The maximum atomic E-state index is 12.2. The third-order valence-electron chi connectivity index (χ3n) is 4.49. The van der Waals surface area contributed by atoms with Crippen molar-refractivity contribution in [1.82, 2.24) is 9.21 Å². The van der Waals surface area contributed by atoms with E-state index in [0.29, 0.717) is 42.3 Å². The molecule has 24 heavy (non-hydrogen) atoms. The first kappa shape index (κ1) is 17.5. The summed E-state index contributed by atoms with van der Waals surface area (Å²) in [6, 6.07) is 5.09. The minimum absolute atomic E-state index is 0.00356. The zero-order valence-corrected chi connectivity index (χ0v) is 15.1. The lowest BCUT2D eigenvalue weighted by molar-refractivity contribution is 0.0651. The Hall–Kier alpha value is -1.31. The number of carbonyl (C=O) groups is 1. The van der Waals surface area contributed by atoms with Gasteiger partial charge in [0.1, 0.15) is 11.9 Å². The summed E-state index contributed by atoms with van der Waals surface area (Å²) in [5.74, 6) is 0.533. The van der Waals surface area contributed by atoms with Gasteiger partial charge in [0, 0.05) is 31.7 Å². The molecule has 8 heteroatoms. The quantitative estimate of drug-likeness (QED) is 0.810. The summed E-state index contributed by atoms with van der Waals surface area (Å²) in [6.07, 6.45) is 3.44. The van der Waals surface area contributed by atoms with Gasteiger partial charge in [0.05, 0.1) is 11.3 Å². The molecule has 0 saturated carbocycles. The van der Waals surface area contributed by atoms with Crippen LogP contribution in [0.3, 0.4) is 0 Å². The smallest absolute Gasteiger partial charge is 0.253 e. The van der Waals surface area contributed by atoms with Gasteiger partial charge in [-0.15, -0.1) is 0 Å². The number of hydrogen-bond acceptors (Lipinski definition) is 4. The number of piperidine rings is 1. The molecule has 0 bridgehead atoms. The molecule has 3 rings (SSSR count). The van der Waals surface area contributed by atoms with E-state index < -0.39 is 10.0 Å². The number of nitrogens with zero attached hydrogens (tertiary/aromatic N) is 2. The van der Waals surface area contributed by atoms with Gasteiger partial charge >= 0.3 is 0 Å². The van der Waals surface area contributed by atoms with Crippen molar-refractivity contribution in [2.24, 2.45) is 0 Å². The van der Waals surface area contributed by atoms with E-state index in [1.165, 1.54) is 10.6 Å². The molecule has 0 spiro atoms. The number of likely N-dealkylation sites (tertiary alicyclic amines) is 1. The summed E-state index contributed by atoms with van der Waals surface area (Å²) < 4.78 is 30.4. The third-order valence-corrected chi connectivity index (χ3v) is 6.08. The summed E-state index contributed by atoms with van der Waals surface area (Å²) >= 11 is 6.26. The minimum atomic E-state index is -3.14. The predicted octanol–water partition coefficient (Wildman–Crippen LogP) is 1.99. The maximum absolute atomic E-state index is 12.2. The molecular formula is C16H21ClN2O4S. The van der Waals surface area contributed by atoms with Crippen molar-refractivity contribution in [2.75, 3.05) is 32.4 Å². The van der Waals surface area contributed by atoms with Gasteiger partial charge in [-0.2, -0.15) is 0 Å². The second-order valence-electron chi connectivity index (χ2n) is 6.27. The fraction of sp³-hybridized carbons (Fsp3) is 0.562. The molecule has 2 aliphatic heterocycles. The van der Waals surface area contributed by atoms with Crippen LogP contribution in [0.25, 0.3) is 0 Å². The fourth-order valence-corrected chi connectivity index (χ4v) is 3.99. The number of hydrogen-bond donors (Lipinski definition) is 0. The van der Waals surface area contributed by atoms with E-state index in [1.807, 2.05) is 0 Å². The second kappa shape index (κ2) is 6.90. The van der Waals surface area contributed by atoms with Crippen LogP contribution in [0, 0.1) is 0 Å². The third kappa shape index (κ3) is 3.84. The first-order chi connectivity index (χ1) is 11.3. The standard InChI is InChI=1S/C16H21ClN2O4S/c1-24(21,22)19-9-5-13(6-10-19)23-15-4-3-12(11-14(15)17)16(20)18-7-2-8-18/h3-4,11,13H,2,5-10H2,1H3. The molecule has 1 aromatic rings. The number of carbonyl (C=O) groups excluding carboxylic acids is 1. The van der Waals surface area contributed by atoms with E-state index >= 15 is 0 Å². The van der Waals surface area contributed by atoms with Crippen molar-refractivity contribution in [3.63, 3.8) is 0 Å². The number of rotatable bonds is 4. The number of amides is 1. The van der Waals surface area contributed by atoms with Gasteiger partial charge in [-0.05, 0) is 37.5 Å². The van der Waals surface area contributed by atoms with Crippen LogP contribution >= 0.6 is 11.6 Å². The van der Waals surface area contributed by atoms with E-state index in [2.05, 4.69) is 0 Å². The van der Waals surface area contributed by atoms with Crippen LogP contribution in [0.5, 0.6) is 5.75 Å². The van der Waals surface area contributed by atoms with Crippen LogP contribution < -0.4 is 4.74 Å². The van der Waals surface area contributed by atoms with E-state index in [9.17, 15) is 13.2 Å². The van der Waals surface area contributed by atoms with Crippen LogP contribution in [-0.4, -0.2) is 62.1 Å². The number of benzene rings is 1. The van der Waals surface area contributed by atoms with Crippen molar-refractivity contribution in [2.45, 2.75) is 25.4 Å². The SMILES string of the molecule is CS(=O)(=O)N1CCC(Oc2ccc(C(=O)N3CCC3)cc2Cl)CC1. The molecule has 0 atom stereocenters. The van der Waals surface area contributed by atoms with Gasteiger partial charge in [-0.25, -0.2) is 12.7 Å². The lowest BCUT2D eigenvalue weighted by Crippen LogP contribution is -2.42. The highest BCUT2D eigenvalue weighted by atomic mass is 35.5. The van der Waals surface area contributed by atoms with Gasteiger partial charge in [0.25, 0.3) is 5.91 Å². The molecule has 2 fully saturated rings. The van der Waals surface area contributed by atoms with E-state index in [1.54, 1.807) is 23.1 Å². The number of sulfonamides is 1. The number of ether oxygens (including phenoxy) is 1. The monoisotopic (exact) mass is 372 g/mol. The average Bonchev–Trinajstić information content (AvgIpc) is 2.47. The predicted molar refractivity (Wildman–Crippen MR) is 92.0 cm³/mol. The van der Waals surface area contributed by atoms with Crippen LogP contribution in [0.4, 0.5) is 0 Å². The van der Waals surface area contributed by atoms with Crippen LogP contribution in [-0.2, 0) is 10.0 Å². The molecular weight excluding hydrogens is 352 g/mol. The zero-order valence-electron chi connectivity index (χ0n) is 13.6. The molecule has 2 saturated heterocycles. The van der Waals surface area contributed by atoms with Crippen molar-refractivity contribution in [3.05, 3.63) is 28.8 Å². The Balaban J connectivity index is 1.61. The van der Waals surface area contributed by atoms with Crippen molar-refractivity contribution >= 4 is 27.5 Å². The molecule has 0 aliphatic carbocycles. The van der Waals surface area contributed by atoms with E-state index in [0.717, 1.165) is 19.5 Å². The molecule has 1 amide bonds. The van der Waals surface area contributed by atoms with Crippen LogP contribution in [0.1, 0.15) is 29.6 Å². The highest BCUT2D eigenvalue weighted by Gasteiger charge is 2.27. The summed E-state index contributed by atoms with van der Waals surface area (Å²) in [5.41, 5.74) is 0.568. The van der Waals surface area contributed by atoms with Gasteiger partial charge in [0.2, 0.25) is 10.0 Å². The molecule has 0 unspecified atom stereocenters. The van der Waals surface area contributed by atoms with Crippen molar-refractivity contribution < 1.29 is 17.9 Å². The summed E-state index contributed by atoms with van der Waals surface area (Å²) in [7, 11) is -3.14. The minimum Gasteiger partial charge on any atom is -0.489 e. The van der Waals surface area contributed by atoms with Gasteiger partial charge in [-0.3, -0.25) is 4.79 Å². The summed E-state index contributed by atoms with van der Waals surface area (Å²) in [5, 5.41) is 0.409. The molecule has 1 aromatic carbocycles. The van der Waals surface area contributed by atoms with E-state index in [4.69, 9.17) is 16.3 Å². The van der Waals surface area contributed by atoms with Gasteiger partial charge in [-0.1, -0.05) is 11.6 Å². The Labute approximate surface area is 147 Å². The summed E-state index contributed by atoms with van der Waals surface area (Å²) in [6.45, 7) is 2.50. The average molecular weight is 373 g/mol. The van der Waals surface area contributed by atoms with Gasteiger partial charge < -0.3 is 9.64 Å². The molecule has 132 valence electrons. The Morgan fingerprint density at radius 2 is 1.88 bits per heavy atom. The van der Waals surface area contributed by atoms with Gasteiger partial charge in [0.15, 0.2) is 0 Å². The lowest BCUT2D eigenvalue weighted by Gasteiger charge is -2.31. The largest absolute Gasteiger partial charge is 0.489 e. The zero-order chi connectivity index (χ0) is 17.3. The Morgan fingerprint density at radius 1 is 1.21 bits per heavy atom. The normalized spacial score (nSPS) is 19.8. The molecule has 2 aliphatic rings. The fourth-order valence-electron chi connectivity index (χ4n) is 2.89. The molecule has 6 nitrogen and oxygen atoms in total. The Morgan fingerprint density at radius 3 is 2.38 bits per heavy atom. The Kier molecular flexibility index (Phi) is 5.03. The Bertz CT molecular complexity index is 726. The van der Waals surface area contributed by atoms with E-state index in [-0.39, 0.29) is 12.0 Å². The number of halogens is 1. The second-order valence-corrected chi connectivity index (χ2v) is 8.66. The lowest BCUT2D eigenvalue weighted by atomic mass is 10.1.